The van der Waals surface area contributed by atoms with Crippen molar-refractivity contribution in [3.63, 3.8) is 0 Å². The normalized spacial score (nSPS) is 30.8. The Balaban J connectivity index is 1.63. The topological polar surface area (TPSA) is 72.0 Å². The SMILES string of the molecule is COc1ccnc(C(=O)N2CC[C@@]34OC[C@@H](C(C)C)N3C(=O)C[C@@H]24)c1. The van der Waals surface area contributed by atoms with Crippen LogP contribution in [0.25, 0.3) is 0 Å². The first-order valence-corrected chi connectivity index (χ1v) is 8.75. The predicted molar refractivity (Wildman–Crippen MR) is 89.0 cm³/mol. The highest BCUT2D eigenvalue weighted by Crippen LogP contribution is 2.49. The van der Waals surface area contributed by atoms with E-state index in [4.69, 9.17) is 9.47 Å². The second-order valence-electron chi connectivity index (χ2n) is 7.28. The molecule has 4 rings (SSSR count). The average molecular weight is 345 g/mol. The molecule has 2 amide bonds. The summed E-state index contributed by atoms with van der Waals surface area (Å²) in [5, 5.41) is 0. The Morgan fingerprint density at radius 1 is 1.48 bits per heavy atom. The number of methoxy groups -OCH3 is 1. The van der Waals surface area contributed by atoms with Gasteiger partial charge in [0.25, 0.3) is 5.91 Å². The molecule has 7 heteroatoms. The van der Waals surface area contributed by atoms with E-state index in [0.717, 1.165) is 0 Å². The van der Waals surface area contributed by atoms with Crippen LogP contribution in [0.15, 0.2) is 18.3 Å². The average Bonchev–Trinajstić information content (AvgIpc) is 3.23. The van der Waals surface area contributed by atoms with Crippen LogP contribution < -0.4 is 4.74 Å². The smallest absolute Gasteiger partial charge is 0.273 e. The molecular weight excluding hydrogens is 322 g/mol. The van der Waals surface area contributed by atoms with Crippen LogP contribution in [0, 0.1) is 5.92 Å². The number of rotatable bonds is 3. The van der Waals surface area contributed by atoms with Crippen molar-refractivity contribution in [3.8, 4) is 5.75 Å². The molecule has 0 saturated carbocycles. The van der Waals surface area contributed by atoms with E-state index in [0.29, 0.717) is 43.4 Å². The van der Waals surface area contributed by atoms with Crippen molar-refractivity contribution in [2.75, 3.05) is 20.3 Å². The van der Waals surface area contributed by atoms with Crippen LogP contribution in [0.1, 0.15) is 37.2 Å². The highest BCUT2D eigenvalue weighted by atomic mass is 16.5. The van der Waals surface area contributed by atoms with Gasteiger partial charge in [0, 0.05) is 25.2 Å². The minimum absolute atomic E-state index is 0.0808. The zero-order chi connectivity index (χ0) is 17.8. The summed E-state index contributed by atoms with van der Waals surface area (Å²) in [6, 6.07) is 3.18. The second kappa shape index (κ2) is 5.69. The largest absolute Gasteiger partial charge is 0.497 e. The summed E-state index contributed by atoms with van der Waals surface area (Å²) in [7, 11) is 1.56. The quantitative estimate of drug-likeness (QED) is 0.825. The first-order valence-electron chi connectivity index (χ1n) is 8.75. The molecule has 0 aliphatic carbocycles. The molecule has 3 atom stereocenters. The van der Waals surface area contributed by atoms with Gasteiger partial charge in [-0.05, 0) is 12.0 Å². The number of ether oxygens (including phenoxy) is 2. The molecule has 0 N–H and O–H groups in total. The number of pyridine rings is 1. The monoisotopic (exact) mass is 345 g/mol. The van der Waals surface area contributed by atoms with Crippen LogP contribution >= 0.6 is 0 Å². The molecule has 3 fully saturated rings. The van der Waals surface area contributed by atoms with Gasteiger partial charge in [-0.3, -0.25) is 14.6 Å². The molecule has 0 aromatic carbocycles. The second-order valence-corrected chi connectivity index (χ2v) is 7.28. The van der Waals surface area contributed by atoms with Crippen LogP contribution in [0.5, 0.6) is 5.75 Å². The van der Waals surface area contributed by atoms with Gasteiger partial charge < -0.3 is 19.3 Å². The van der Waals surface area contributed by atoms with E-state index in [1.54, 1.807) is 30.3 Å². The van der Waals surface area contributed by atoms with Gasteiger partial charge in [-0.25, -0.2) is 0 Å². The van der Waals surface area contributed by atoms with Crippen molar-refractivity contribution in [2.24, 2.45) is 5.92 Å². The van der Waals surface area contributed by atoms with Crippen LogP contribution in [0.2, 0.25) is 0 Å². The summed E-state index contributed by atoms with van der Waals surface area (Å²) in [6.07, 6.45) is 2.53. The van der Waals surface area contributed by atoms with Crippen molar-refractivity contribution in [1.82, 2.24) is 14.8 Å². The van der Waals surface area contributed by atoms with Gasteiger partial charge in [0.05, 0.1) is 32.2 Å². The van der Waals surface area contributed by atoms with Gasteiger partial charge in [-0.15, -0.1) is 0 Å². The molecule has 0 radical (unpaired) electrons. The van der Waals surface area contributed by atoms with E-state index < -0.39 is 5.72 Å². The third-order valence-electron chi connectivity index (χ3n) is 5.70. The van der Waals surface area contributed by atoms with Gasteiger partial charge in [0.1, 0.15) is 11.4 Å². The maximum atomic E-state index is 13.0. The number of carbonyl (C=O) groups is 2. The third-order valence-corrected chi connectivity index (χ3v) is 5.70. The van der Waals surface area contributed by atoms with E-state index >= 15 is 0 Å². The number of hydrogen-bond donors (Lipinski definition) is 0. The Labute approximate surface area is 146 Å². The van der Waals surface area contributed by atoms with Gasteiger partial charge in [0.15, 0.2) is 5.72 Å². The summed E-state index contributed by atoms with van der Waals surface area (Å²) in [5.74, 6) is 0.824. The Kier molecular flexibility index (Phi) is 3.72. The maximum absolute atomic E-state index is 13.0. The van der Waals surface area contributed by atoms with Gasteiger partial charge >= 0.3 is 0 Å². The van der Waals surface area contributed by atoms with Gasteiger partial charge in [-0.2, -0.15) is 0 Å². The molecule has 3 saturated heterocycles. The van der Waals surface area contributed by atoms with Gasteiger partial charge in [-0.1, -0.05) is 13.8 Å². The van der Waals surface area contributed by atoms with E-state index in [2.05, 4.69) is 18.8 Å². The molecule has 25 heavy (non-hydrogen) atoms. The number of amides is 2. The number of hydrogen-bond acceptors (Lipinski definition) is 5. The van der Waals surface area contributed by atoms with Crippen LogP contribution in [-0.4, -0.2) is 64.7 Å². The van der Waals surface area contributed by atoms with Crippen molar-refractivity contribution in [2.45, 2.75) is 44.5 Å². The molecule has 134 valence electrons. The Morgan fingerprint density at radius 3 is 3.00 bits per heavy atom. The number of carbonyl (C=O) groups excluding carboxylic acids is 2. The van der Waals surface area contributed by atoms with E-state index in [-0.39, 0.29) is 23.9 Å². The molecule has 3 aliphatic heterocycles. The van der Waals surface area contributed by atoms with E-state index in [1.807, 2.05) is 4.90 Å². The molecule has 1 aromatic heterocycles. The van der Waals surface area contributed by atoms with Crippen molar-refractivity contribution in [3.05, 3.63) is 24.0 Å². The lowest BCUT2D eigenvalue weighted by atomic mass is 10.0. The minimum Gasteiger partial charge on any atom is -0.497 e. The Morgan fingerprint density at radius 2 is 2.28 bits per heavy atom. The molecule has 0 bridgehead atoms. The molecule has 1 aromatic rings. The Bertz CT molecular complexity index is 722. The van der Waals surface area contributed by atoms with E-state index in [1.165, 1.54) is 0 Å². The maximum Gasteiger partial charge on any atom is 0.273 e. The van der Waals surface area contributed by atoms with Crippen LogP contribution in [0.3, 0.4) is 0 Å². The lowest BCUT2D eigenvalue weighted by Gasteiger charge is -2.34. The number of nitrogens with zero attached hydrogens (tertiary/aromatic N) is 3. The minimum atomic E-state index is -0.652. The van der Waals surface area contributed by atoms with Crippen molar-refractivity contribution in [1.29, 1.82) is 0 Å². The number of aromatic nitrogens is 1. The lowest BCUT2D eigenvalue weighted by Crippen LogP contribution is -2.51. The summed E-state index contributed by atoms with van der Waals surface area (Å²) in [4.78, 5) is 33.5. The first kappa shape index (κ1) is 16.3. The summed E-state index contributed by atoms with van der Waals surface area (Å²) in [5.41, 5.74) is -0.318. The van der Waals surface area contributed by atoms with Gasteiger partial charge in [0.2, 0.25) is 5.91 Å². The molecule has 7 nitrogen and oxygen atoms in total. The van der Waals surface area contributed by atoms with Crippen molar-refractivity contribution >= 4 is 11.8 Å². The Hall–Kier alpha value is -2.15. The molecule has 4 heterocycles. The fraction of sp³-hybridized carbons (Fsp3) is 0.611. The third kappa shape index (κ3) is 2.25. The predicted octanol–water partition coefficient (Wildman–Crippen LogP) is 1.29. The lowest BCUT2D eigenvalue weighted by molar-refractivity contribution is -0.139. The molecule has 1 spiro atoms. The summed E-state index contributed by atoms with van der Waals surface area (Å²) in [6.45, 7) is 5.31. The zero-order valence-electron chi connectivity index (χ0n) is 14.8. The van der Waals surface area contributed by atoms with Crippen molar-refractivity contribution < 1.29 is 19.1 Å². The zero-order valence-corrected chi connectivity index (χ0v) is 14.8. The van der Waals surface area contributed by atoms with Crippen LogP contribution in [0.4, 0.5) is 0 Å². The molecule has 0 unspecified atom stereocenters. The fourth-order valence-electron chi connectivity index (χ4n) is 4.42. The summed E-state index contributed by atoms with van der Waals surface area (Å²) >= 11 is 0. The summed E-state index contributed by atoms with van der Waals surface area (Å²) < 4.78 is 11.3. The highest BCUT2D eigenvalue weighted by molar-refractivity contribution is 5.94. The standard InChI is InChI=1S/C18H23N3O4/c1-11(2)14-10-25-18-5-7-20(15(18)9-16(22)21(14)18)17(23)13-8-12(24-3)4-6-19-13/h4,6,8,11,14-15H,5,7,9-10H2,1-3H3/t14-,15+,18-/m0/s1. The molecule has 3 aliphatic rings. The first-order chi connectivity index (χ1) is 12.0. The highest BCUT2D eigenvalue weighted by Gasteiger charge is 2.65. The molecular formula is C18H23N3O4. The van der Waals surface area contributed by atoms with E-state index in [9.17, 15) is 9.59 Å². The number of likely N-dealkylation sites (tertiary alicyclic amines) is 1. The van der Waals surface area contributed by atoms with Crippen LogP contribution in [-0.2, 0) is 9.53 Å². The fourth-order valence-corrected chi connectivity index (χ4v) is 4.42.